The molecule has 0 radical (unpaired) electrons. The summed E-state index contributed by atoms with van der Waals surface area (Å²) in [7, 11) is 0. The SMILES string of the molecule is Cc1c(C(=O)Nc2ccc(Cl)cc2)oc2c1/C(=N/NC(=O)Cc1ccc([N+](=O)[O-])cc1)CCC2. The van der Waals surface area contributed by atoms with Crippen LogP contribution in [0.25, 0.3) is 0 Å². The number of aryl methyl sites for hydroxylation is 1. The predicted octanol–water partition coefficient (Wildman–Crippen LogP) is 4.80. The fourth-order valence-electron chi connectivity index (χ4n) is 3.81. The number of nitrogens with zero attached hydrogens (tertiary/aromatic N) is 2. The highest BCUT2D eigenvalue weighted by molar-refractivity contribution is 6.30. The van der Waals surface area contributed by atoms with Gasteiger partial charge in [0.05, 0.1) is 17.1 Å². The van der Waals surface area contributed by atoms with Crippen molar-refractivity contribution >= 4 is 40.5 Å². The van der Waals surface area contributed by atoms with Gasteiger partial charge in [0.1, 0.15) is 5.76 Å². The Balaban J connectivity index is 1.47. The first-order chi connectivity index (χ1) is 16.3. The summed E-state index contributed by atoms with van der Waals surface area (Å²) in [4.78, 5) is 35.4. The van der Waals surface area contributed by atoms with Gasteiger partial charge in [0, 0.05) is 40.4 Å². The van der Waals surface area contributed by atoms with Gasteiger partial charge in [-0.05, 0) is 49.6 Å². The second-order valence-electron chi connectivity index (χ2n) is 7.86. The molecule has 34 heavy (non-hydrogen) atoms. The molecule has 9 nitrogen and oxygen atoms in total. The number of rotatable bonds is 6. The Kier molecular flexibility index (Phi) is 6.74. The molecule has 0 fully saturated rings. The van der Waals surface area contributed by atoms with E-state index < -0.39 is 4.92 Å². The zero-order valence-corrected chi connectivity index (χ0v) is 19.0. The molecule has 0 saturated carbocycles. The lowest BCUT2D eigenvalue weighted by Gasteiger charge is -2.13. The molecule has 3 aromatic rings. The van der Waals surface area contributed by atoms with Crippen molar-refractivity contribution in [2.24, 2.45) is 5.10 Å². The van der Waals surface area contributed by atoms with E-state index in [0.717, 1.165) is 12.0 Å². The summed E-state index contributed by atoms with van der Waals surface area (Å²) in [5.41, 5.74) is 5.78. The Hall–Kier alpha value is -3.98. The predicted molar refractivity (Wildman–Crippen MR) is 127 cm³/mol. The summed E-state index contributed by atoms with van der Waals surface area (Å²) in [6.45, 7) is 1.79. The van der Waals surface area contributed by atoms with Crippen LogP contribution in [0.4, 0.5) is 11.4 Å². The molecule has 0 unspecified atom stereocenters. The zero-order chi connectivity index (χ0) is 24.2. The second-order valence-corrected chi connectivity index (χ2v) is 8.30. The Labute approximate surface area is 199 Å². The van der Waals surface area contributed by atoms with E-state index in [9.17, 15) is 19.7 Å². The van der Waals surface area contributed by atoms with Crippen molar-refractivity contribution in [1.29, 1.82) is 0 Å². The van der Waals surface area contributed by atoms with Crippen molar-refractivity contribution in [2.75, 3.05) is 5.32 Å². The molecule has 0 saturated heterocycles. The van der Waals surface area contributed by atoms with Gasteiger partial charge < -0.3 is 9.73 Å². The van der Waals surface area contributed by atoms with Crippen LogP contribution in [-0.2, 0) is 17.6 Å². The average Bonchev–Trinajstić information content (AvgIpc) is 3.17. The minimum atomic E-state index is -0.492. The summed E-state index contributed by atoms with van der Waals surface area (Å²) >= 11 is 5.89. The lowest BCUT2D eigenvalue weighted by atomic mass is 9.93. The van der Waals surface area contributed by atoms with Crippen molar-refractivity contribution in [3.05, 3.63) is 91.9 Å². The minimum Gasteiger partial charge on any atom is -0.455 e. The van der Waals surface area contributed by atoms with Gasteiger partial charge in [-0.2, -0.15) is 5.10 Å². The van der Waals surface area contributed by atoms with Crippen molar-refractivity contribution in [1.82, 2.24) is 5.43 Å². The molecule has 0 aliphatic heterocycles. The van der Waals surface area contributed by atoms with E-state index in [-0.39, 0.29) is 29.7 Å². The van der Waals surface area contributed by atoms with Crippen LogP contribution in [0.15, 0.2) is 58.0 Å². The number of nitrogens with one attached hydrogen (secondary N) is 2. The molecule has 1 aliphatic carbocycles. The van der Waals surface area contributed by atoms with E-state index in [2.05, 4.69) is 15.8 Å². The average molecular weight is 481 g/mol. The molecule has 1 aromatic heterocycles. The van der Waals surface area contributed by atoms with Gasteiger partial charge in [-0.25, -0.2) is 5.43 Å². The van der Waals surface area contributed by atoms with E-state index in [1.165, 1.54) is 24.3 Å². The quantitative estimate of drug-likeness (QED) is 0.387. The number of anilines is 1. The summed E-state index contributed by atoms with van der Waals surface area (Å²) < 4.78 is 5.87. The number of nitro groups is 1. The van der Waals surface area contributed by atoms with Crippen LogP contribution in [-0.4, -0.2) is 22.4 Å². The first-order valence-electron chi connectivity index (χ1n) is 10.6. The number of hydrogen-bond acceptors (Lipinski definition) is 6. The molecule has 10 heteroatoms. The fourth-order valence-corrected chi connectivity index (χ4v) is 3.93. The van der Waals surface area contributed by atoms with Gasteiger partial charge in [-0.3, -0.25) is 19.7 Å². The van der Waals surface area contributed by atoms with Gasteiger partial charge in [0.25, 0.3) is 11.6 Å². The molecular weight excluding hydrogens is 460 g/mol. The van der Waals surface area contributed by atoms with Crippen LogP contribution in [0.3, 0.4) is 0 Å². The second kappa shape index (κ2) is 9.88. The van der Waals surface area contributed by atoms with Crippen molar-refractivity contribution in [2.45, 2.75) is 32.6 Å². The molecule has 2 N–H and O–H groups in total. The van der Waals surface area contributed by atoms with E-state index in [1.54, 1.807) is 31.2 Å². The van der Waals surface area contributed by atoms with Crippen LogP contribution >= 0.6 is 11.6 Å². The number of carbonyl (C=O) groups excluding carboxylic acids is 2. The highest BCUT2D eigenvalue weighted by Gasteiger charge is 2.28. The maximum atomic E-state index is 12.8. The fraction of sp³-hybridized carbons (Fsp3) is 0.208. The van der Waals surface area contributed by atoms with Crippen molar-refractivity contribution < 1.29 is 18.9 Å². The Morgan fingerprint density at radius 2 is 1.82 bits per heavy atom. The molecule has 1 heterocycles. The number of carbonyl (C=O) groups is 2. The minimum absolute atomic E-state index is 0.0285. The number of furan rings is 1. The molecule has 0 spiro atoms. The first kappa shape index (κ1) is 23.2. The summed E-state index contributed by atoms with van der Waals surface area (Å²) in [6, 6.07) is 12.5. The number of fused-ring (bicyclic) bond motifs is 1. The van der Waals surface area contributed by atoms with Gasteiger partial charge in [0.2, 0.25) is 5.91 Å². The lowest BCUT2D eigenvalue weighted by Crippen LogP contribution is -2.23. The number of hydrazone groups is 1. The van der Waals surface area contributed by atoms with E-state index in [1.807, 2.05) is 0 Å². The van der Waals surface area contributed by atoms with Gasteiger partial charge >= 0.3 is 0 Å². The number of hydrogen-bond donors (Lipinski definition) is 2. The highest BCUT2D eigenvalue weighted by atomic mass is 35.5. The topological polar surface area (TPSA) is 127 Å². The normalized spacial score (nSPS) is 13.9. The van der Waals surface area contributed by atoms with Crippen LogP contribution in [0.1, 0.15) is 45.8 Å². The molecule has 2 amide bonds. The van der Waals surface area contributed by atoms with Gasteiger partial charge in [-0.1, -0.05) is 23.7 Å². The number of halogens is 1. The Bertz CT molecular complexity index is 1280. The van der Waals surface area contributed by atoms with Crippen LogP contribution in [0.2, 0.25) is 5.02 Å². The molecule has 2 aromatic carbocycles. The molecular formula is C24H21ClN4O5. The van der Waals surface area contributed by atoms with Gasteiger partial charge in [-0.15, -0.1) is 0 Å². The maximum Gasteiger partial charge on any atom is 0.291 e. The molecule has 174 valence electrons. The third-order valence-electron chi connectivity index (χ3n) is 5.46. The third-order valence-corrected chi connectivity index (χ3v) is 5.71. The monoisotopic (exact) mass is 480 g/mol. The van der Waals surface area contributed by atoms with Crippen molar-refractivity contribution in [3.8, 4) is 0 Å². The summed E-state index contributed by atoms with van der Waals surface area (Å²) in [5, 5.41) is 18.4. The largest absolute Gasteiger partial charge is 0.455 e. The number of nitro benzene ring substituents is 1. The maximum absolute atomic E-state index is 12.8. The molecule has 4 rings (SSSR count). The summed E-state index contributed by atoms with van der Waals surface area (Å²) in [6.07, 6.45) is 2.10. The number of amides is 2. The number of benzene rings is 2. The van der Waals surface area contributed by atoms with Crippen LogP contribution in [0.5, 0.6) is 0 Å². The Morgan fingerprint density at radius 3 is 2.50 bits per heavy atom. The third kappa shape index (κ3) is 5.15. The Morgan fingerprint density at radius 1 is 1.12 bits per heavy atom. The van der Waals surface area contributed by atoms with Crippen LogP contribution < -0.4 is 10.7 Å². The van der Waals surface area contributed by atoms with E-state index in [0.29, 0.717) is 46.2 Å². The van der Waals surface area contributed by atoms with Crippen molar-refractivity contribution in [3.63, 3.8) is 0 Å². The summed E-state index contributed by atoms with van der Waals surface area (Å²) in [5.74, 6) is 0.131. The smallest absolute Gasteiger partial charge is 0.291 e. The highest BCUT2D eigenvalue weighted by Crippen LogP contribution is 2.30. The van der Waals surface area contributed by atoms with Gasteiger partial charge in [0.15, 0.2) is 5.76 Å². The standard InChI is InChI=1S/C24H21ClN4O5/c1-14-22-19(27-28-21(30)13-15-5-11-18(12-6-15)29(32)33)3-2-4-20(22)34-23(14)24(31)26-17-9-7-16(25)8-10-17/h5-12H,2-4,13H2,1H3,(H,26,31)(H,28,30)/b27-19+. The van der Waals surface area contributed by atoms with Crippen LogP contribution in [0, 0.1) is 17.0 Å². The number of non-ortho nitro benzene ring substituents is 1. The molecule has 0 atom stereocenters. The van der Waals surface area contributed by atoms with E-state index in [4.69, 9.17) is 16.0 Å². The zero-order valence-electron chi connectivity index (χ0n) is 18.3. The molecule has 1 aliphatic rings. The first-order valence-corrected chi connectivity index (χ1v) is 11.0. The molecule has 0 bridgehead atoms. The van der Waals surface area contributed by atoms with E-state index >= 15 is 0 Å². The lowest BCUT2D eigenvalue weighted by molar-refractivity contribution is -0.384.